The van der Waals surface area contributed by atoms with Gasteiger partial charge >= 0.3 is 6.18 Å². The predicted octanol–water partition coefficient (Wildman–Crippen LogP) is 0.715. The van der Waals surface area contributed by atoms with E-state index in [0.717, 1.165) is 0 Å². The molecule has 2 rings (SSSR count). The SMILES string of the molecule is NC1CN(c2cnn(CC(F)(F)F)c(=O)c2Br)C1. The van der Waals surface area contributed by atoms with E-state index in [1.54, 1.807) is 4.90 Å². The van der Waals surface area contributed by atoms with E-state index in [9.17, 15) is 18.0 Å². The van der Waals surface area contributed by atoms with Gasteiger partial charge in [-0.05, 0) is 15.9 Å². The molecule has 0 aliphatic carbocycles. The van der Waals surface area contributed by atoms with Crippen LogP contribution in [0.5, 0.6) is 0 Å². The molecule has 0 spiro atoms. The molecule has 0 radical (unpaired) electrons. The summed E-state index contributed by atoms with van der Waals surface area (Å²) in [6.45, 7) is -0.282. The van der Waals surface area contributed by atoms with Crippen molar-refractivity contribution in [1.29, 1.82) is 0 Å². The Kier molecular flexibility index (Phi) is 3.37. The molecule has 1 aromatic rings. The summed E-state index contributed by atoms with van der Waals surface area (Å²) in [6, 6.07) is 0.0227. The van der Waals surface area contributed by atoms with Gasteiger partial charge in [-0.15, -0.1) is 0 Å². The van der Waals surface area contributed by atoms with E-state index in [1.165, 1.54) is 6.20 Å². The highest BCUT2D eigenvalue weighted by Crippen LogP contribution is 2.26. The third kappa shape index (κ3) is 2.66. The van der Waals surface area contributed by atoms with Crippen LogP contribution in [0.25, 0.3) is 0 Å². The summed E-state index contributed by atoms with van der Waals surface area (Å²) in [5.41, 5.74) is 5.27. The number of halogens is 4. The second kappa shape index (κ2) is 4.54. The van der Waals surface area contributed by atoms with Gasteiger partial charge in [-0.25, -0.2) is 4.68 Å². The molecule has 1 aliphatic rings. The average molecular weight is 327 g/mol. The van der Waals surface area contributed by atoms with Gasteiger partial charge in [0.05, 0.1) is 11.9 Å². The van der Waals surface area contributed by atoms with Crippen molar-refractivity contribution in [3.8, 4) is 0 Å². The van der Waals surface area contributed by atoms with Gasteiger partial charge in [-0.1, -0.05) is 0 Å². The molecule has 1 saturated heterocycles. The standard InChI is InChI=1S/C9H10BrF3N4O/c10-7-6(16-2-5(14)3-16)1-15-17(8(7)18)4-9(11,12)13/h1,5H,2-4,14H2. The Morgan fingerprint density at radius 3 is 2.61 bits per heavy atom. The topological polar surface area (TPSA) is 64.2 Å². The fourth-order valence-corrected chi connectivity index (χ4v) is 2.23. The van der Waals surface area contributed by atoms with E-state index >= 15 is 0 Å². The lowest BCUT2D eigenvalue weighted by Crippen LogP contribution is -2.56. The molecule has 100 valence electrons. The number of aromatic nitrogens is 2. The summed E-state index contributed by atoms with van der Waals surface area (Å²) in [6.07, 6.45) is -3.24. The maximum Gasteiger partial charge on any atom is 0.408 e. The Morgan fingerprint density at radius 2 is 2.11 bits per heavy atom. The number of rotatable bonds is 2. The summed E-state index contributed by atoms with van der Waals surface area (Å²) < 4.78 is 37.1. The highest BCUT2D eigenvalue weighted by atomic mass is 79.9. The molecule has 18 heavy (non-hydrogen) atoms. The lowest BCUT2D eigenvalue weighted by atomic mass is 10.1. The third-order valence-electron chi connectivity index (χ3n) is 2.55. The van der Waals surface area contributed by atoms with Crippen LogP contribution in [0.15, 0.2) is 15.5 Å². The van der Waals surface area contributed by atoms with Crippen LogP contribution < -0.4 is 16.2 Å². The molecule has 2 heterocycles. The van der Waals surface area contributed by atoms with Crippen LogP contribution in [-0.2, 0) is 6.54 Å². The van der Waals surface area contributed by atoms with E-state index in [4.69, 9.17) is 5.73 Å². The number of hydrogen-bond donors (Lipinski definition) is 1. The zero-order valence-corrected chi connectivity index (χ0v) is 10.7. The van der Waals surface area contributed by atoms with Gasteiger partial charge in [0, 0.05) is 19.1 Å². The normalized spacial score (nSPS) is 16.8. The fraction of sp³-hybridized carbons (Fsp3) is 0.556. The van der Waals surface area contributed by atoms with Gasteiger partial charge in [0.25, 0.3) is 5.56 Å². The van der Waals surface area contributed by atoms with E-state index in [0.29, 0.717) is 23.5 Å². The van der Waals surface area contributed by atoms with Crippen LogP contribution in [0, 0.1) is 0 Å². The van der Waals surface area contributed by atoms with Crippen molar-refractivity contribution in [1.82, 2.24) is 9.78 Å². The molecule has 1 aromatic heterocycles. The minimum atomic E-state index is -4.48. The van der Waals surface area contributed by atoms with Gasteiger partial charge < -0.3 is 10.6 Å². The molecule has 1 fully saturated rings. The molecule has 9 heteroatoms. The van der Waals surface area contributed by atoms with Crippen LogP contribution in [-0.4, -0.2) is 35.1 Å². The first-order valence-electron chi connectivity index (χ1n) is 5.11. The van der Waals surface area contributed by atoms with E-state index in [1.807, 2.05) is 0 Å². The molecule has 0 bridgehead atoms. The molecular formula is C9H10BrF3N4O. The second-order valence-electron chi connectivity index (χ2n) is 4.09. The molecule has 5 nitrogen and oxygen atoms in total. The highest BCUT2D eigenvalue weighted by Gasteiger charge is 2.31. The fourth-order valence-electron chi connectivity index (χ4n) is 1.67. The summed E-state index contributed by atoms with van der Waals surface area (Å²) in [5, 5.41) is 3.52. The Bertz CT molecular complexity index is 510. The van der Waals surface area contributed by atoms with Gasteiger partial charge in [0.2, 0.25) is 0 Å². The number of hydrogen-bond acceptors (Lipinski definition) is 4. The van der Waals surface area contributed by atoms with Crippen molar-refractivity contribution in [3.63, 3.8) is 0 Å². The Balaban J connectivity index is 2.28. The van der Waals surface area contributed by atoms with Crippen molar-refractivity contribution in [2.75, 3.05) is 18.0 Å². The zero-order valence-electron chi connectivity index (χ0n) is 9.12. The average Bonchev–Trinajstić information content (AvgIpc) is 2.20. The zero-order chi connectivity index (χ0) is 13.5. The smallest absolute Gasteiger partial charge is 0.366 e. The predicted molar refractivity (Wildman–Crippen MR) is 62.4 cm³/mol. The quantitative estimate of drug-likeness (QED) is 0.869. The molecule has 0 saturated carbocycles. The number of anilines is 1. The Hall–Kier alpha value is -1.09. The van der Waals surface area contributed by atoms with Crippen molar-refractivity contribution in [2.24, 2.45) is 5.73 Å². The largest absolute Gasteiger partial charge is 0.408 e. The minimum Gasteiger partial charge on any atom is -0.366 e. The van der Waals surface area contributed by atoms with Gasteiger partial charge in [-0.2, -0.15) is 18.3 Å². The first kappa shape index (κ1) is 13.3. The molecule has 0 unspecified atom stereocenters. The third-order valence-corrected chi connectivity index (χ3v) is 3.29. The first-order chi connectivity index (χ1) is 8.28. The van der Waals surface area contributed by atoms with Crippen LogP contribution in [0.4, 0.5) is 18.9 Å². The van der Waals surface area contributed by atoms with Crippen molar-refractivity contribution >= 4 is 21.6 Å². The Labute approximate surface area is 108 Å². The molecule has 0 atom stereocenters. The van der Waals surface area contributed by atoms with Gasteiger partial charge in [0.1, 0.15) is 11.0 Å². The summed E-state index contributed by atoms with van der Waals surface area (Å²) >= 11 is 3.01. The van der Waals surface area contributed by atoms with Crippen LogP contribution in [0.2, 0.25) is 0 Å². The van der Waals surface area contributed by atoms with E-state index < -0.39 is 18.3 Å². The van der Waals surface area contributed by atoms with Crippen molar-refractivity contribution in [2.45, 2.75) is 18.8 Å². The van der Waals surface area contributed by atoms with Crippen molar-refractivity contribution < 1.29 is 13.2 Å². The second-order valence-corrected chi connectivity index (χ2v) is 4.88. The summed E-state index contributed by atoms with van der Waals surface area (Å²) in [4.78, 5) is 13.5. The molecule has 2 N–H and O–H groups in total. The van der Waals surface area contributed by atoms with E-state index in [2.05, 4.69) is 21.0 Å². The summed E-state index contributed by atoms with van der Waals surface area (Å²) in [5.74, 6) is 0. The first-order valence-corrected chi connectivity index (χ1v) is 5.90. The lowest BCUT2D eigenvalue weighted by Gasteiger charge is -2.38. The highest BCUT2D eigenvalue weighted by molar-refractivity contribution is 9.10. The van der Waals surface area contributed by atoms with E-state index in [-0.39, 0.29) is 10.5 Å². The van der Waals surface area contributed by atoms with Crippen LogP contribution in [0.3, 0.4) is 0 Å². The number of nitrogens with two attached hydrogens (primary N) is 1. The molecule has 1 aliphatic heterocycles. The van der Waals surface area contributed by atoms with Crippen molar-refractivity contribution in [3.05, 3.63) is 21.0 Å². The number of nitrogens with zero attached hydrogens (tertiary/aromatic N) is 3. The maximum absolute atomic E-state index is 12.2. The Morgan fingerprint density at radius 1 is 1.50 bits per heavy atom. The number of alkyl halides is 3. The monoisotopic (exact) mass is 326 g/mol. The van der Waals surface area contributed by atoms with Gasteiger partial charge in [0.15, 0.2) is 0 Å². The summed E-state index contributed by atoms with van der Waals surface area (Å²) in [7, 11) is 0. The van der Waals surface area contributed by atoms with Crippen LogP contribution >= 0.6 is 15.9 Å². The molecule has 0 aromatic carbocycles. The van der Waals surface area contributed by atoms with Gasteiger partial charge in [-0.3, -0.25) is 4.79 Å². The minimum absolute atomic E-state index is 0.0227. The van der Waals surface area contributed by atoms with Crippen LogP contribution in [0.1, 0.15) is 0 Å². The molecular weight excluding hydrogens is 317 g/mol. The molecule has 0 amide bonds. The maximum atomic E-state index is 12.2. The lowest BCUT2D eigenvalue weighted by molar-refractivity contribution is -0.143.